The fourth-order valence-corrected chi connectivity index (χ4v) is 8.59. The van der Waals surface area contributed by atoms with Crippen LogP contribution in [-0.2, 0) is 20.0 Å². The molecule has 0 radical (unpaired) electrons. The summed E-state index contributed by atoms with van der Waals surface area (Å²) in [5.41, 5.74) is 1.44. The molecule has 9 heteroatoms. The summed E-state index contributed by atoms with van der Waals surface area (Å²) in [7, 11) is -1.77. The van der Waals surface area contributed by atoms with Gasteiger partial charge in [0.1, 0.15) is 0 Å². The first-order chi connectivity index (χ1) is 20.3. The number of likely N-dealkylation sites (tertiary alicyclic amines) is 1. The first-order valence-electron chi connectivity index (χ1n) is 15.4. The highest BCUT2D eigenvalue weighted by Gasteiger charge is 2.44. The number of benzene rings is 2. The van der Waals surface area contributed by atoms with Gasteiger partial charge >= 0.3 is 6.09 Å². The molecule has 2 saturated heterocycles. The summed E-state index contributed by atoms with van der Waals surface area (Å²) in [5.74, 6) is 0.771. The zero-order valence-corrected chi connectivity index (χ0v) is 25.7. The minimum absolute atomic E-state index is 0.135. The van der Waals surface area contributed by atoms with E-state index >= 15 is 0 Å². The van der Waals surface area contributed by atoms with Crippen molar-refractivity contribution in [3.63, 3.8) is 0 Å². The van der Waals surface area contributed by atoms with Crippen molar-refractivity contribution in [1.82, 2.24) is 10.2 Å². The van der Waals surface area contributed by atoms with Crippen LogP contribution >= 0.6 is 0 Å². The molecule has 3 fully saturated rings. The van der Waals surface area contributed by atoms with Crippen LogP contribution in [0.3, 0.4) is 0 Å². The lowest BCUT2D eigenvalue weighted by atomic mass is 9.64. The van der Waals surface area contributed by atoms with Gasteiger partial charge in [-0.15, -0.1) is 0 Å². The number of alkyl carbamates (subject to hydrolysis) is 1. The number of methoxy groups -OCH3 is 1. The molecule has 1 amide bonds. The van der Waals surface area contributed by atoms with E-state index in [2.05, 4.69) is 40.2 Å². The Bertz CT molecular complexity index is 1340. The van der Waals surface area contributed by atoms with Crippen molar-refractivity contribution < 1.29 is 17.9 Å². The summed E-state index contributed by atoms with van der Waals surface area (Å²) in [6.07, 6.45) is 5.26. The van der Waals surface area contributed by atoms with Gasteiger partial charge in [-0.05, 0) is 87.4 Å². The second-order valence-electron chi connectivity index (χ2n) is 12.4. The zero-order chi connectivity index (χ0) is 29.7. The van der Waals surface area contributed by atoms with E-state index in [9.17, 15) is 18.5 Å². The number of nitrogens with one attached hydrogen (secondary N) is 1. The first-order valence-corrected chi connectivity index (χ1v) is 17.0. The van der Waals surface area contributed by atoms with E-state index in [1.807, 2.05) is 30.3 Å². The van der Waals surface area contributed by atoms with Gasteiger partial charge in [-0.1, -0.05) is 43.7 Å². The monoisotopic (exact) mass is 592 g/mol. The number of amides is 1. The summed E-state index contributed by atoms with van der Waals surface area (Å²) >= 11 is 0. The molecular formula is C33H44N4O4S. The number of sulfone groups is 1. The van der Waals surface area contributed by atoms with Crippen LogP contribution in [0.15, 0.2) is 59.5 Å². The summed E-state index contributed by atoms with van der Waals surface area (Å²) in [6, 6.07) is 20.2. The first kappa shape index (κ1) is 30.4. The summed E-state index contributed by atoms with van der Waals surface area (Å²) in [6.45, 7) is 6.97. The lowest BCUT2D eigenvalue weighted by Crippen LogP contribution is -2.53. The molecule has 0 bridgehead atoms. The van der Waals surface area contributed by atoms with E-state index in [4.69, 9.17) is 4.74 Å². The van der Waals surface area contributed by atoms with Crippen LogP contribution < -0.4 is 10.2 Å². The largest absolute Gasteiger partial charge is 0.453 e. The van der Waals surface area contributed by atoms with Crippen LogP contribution in [0.5, 0.6) is 0 Å². The third kappa shape index (κ3) is 6.60. The molecule has 0 aromatic heterocycles. The Morgan fingerprint density at radius 3 is 2.31 bits per heavy atom. The number of hydrogen-bond acceptors (Lipinski definition) is 7. The van der Waals surface area contributed by atoms with Crippen molar-refractivity contribution >= 4 is 21.6 Å². The van der Waals surface area contributed by atoms with Crippen LogP contribution in [0.1, 0.15) is 57.4 Å². The van der Waals surface area contributed by atoms with E-state index in [0.717, 1.165) is 82.5 Å². The molecule has 1 saturated carbocycles. The molecule has 2 atom stereocenters. The lowest BCUT2D eigenvalue weighted by Gasteiger charge is -2.46. The molecule has 2 aromatic carbocycles. The highest BCUT2D eigenvalue weighted by Crippen LogP contribution is 2.43. The highest BCUT2D eigenvalue weighted by atomic mass is 32.2. The van der Waals surface area contributed by atoms with Crippen molar-refractivity contribution in [2.24, 2.45) is 11.8 Å². The fourth-order valence-electron chi connectivity index (χ4n) is 6.93. The number of piperidine rings is 1. The molecule has 2 heterocycles. The molecular weight excluding hydrogens is 548 g/mol. The average Bonchev–Trinajstić information content (AvgIpc) is 3.85. The van der Waals surface area contributed by atoms with Crippen molar-refractivity contribution in [3.05, 3.63) is 60.2 Å². The maximum atomic E-state index is 12.5. The molecule has 2 aromatic rings. The van der Waals surface area contributed by atoms with E-state index < -0.39 is 21.3 Å². The molecule has 226 valence electrons. The number of carbonyl (C=O) groups excluding carboxylic acids is 1. The molecule has 5 rings (SSSR count). The molecule has 1 aliphatic carbocycles. The Morgan fingerprint density at radius 1 is 1.07 bits per heavy atom. The Kier molecular flexibility index (Phi) is 9.44. The van der Waals surface area contributed by atoms with Crippen LogP contribution in [0.2, 0.25) is 0 Å². The van der Waals surface area contributed by atoms with Gasteiger partial charge in [-0.25, -0.2) is 13.2 Å². The van der Waals surface area contributed by atoms with Gasteiger partial charge in [-0.2, -0.15) is 5.26 Å². The SMILES string of the molecule is CCC[C@@H](CC(C#N)(c1ccccc1)C1CCN(CC2CN(c3ccc(S(=O)(=O)C4CC4)cc3)C2)CC1)NC(=O)OC. The van der Waals surface area contributed by atoms with Gasteiger partial charge in [0.25, 0.3) is 0 Å². The third-order valence-corrected chi connectivity index (χ3v) is 11.7. The second kappa shape index (κ2) is 13.0. The minimum atomic E-state index is -3.15. The lowest BCUT2D eigenvalue weighted by molar-refractivity contribution is 0.115. The van der Waals surface area contributed by atoms with Gasteiger partial charge in [0, 0.05) is 37.3 Å². The second-order valence-corrected chi connectivity index (χ2v) is 14.6. The summed E-state index contributed by atoms with van der Waals surface area (Å²) in [5, 5.41) is 13.5. The summed E-state index contributed by atoms with van der Waals surface area (Å²) in [4.78, 5) is 17.4. The van der Waals surface area contributed by atoms with E-state index in [-0.39, 0.29) is 17.2 Å². The predicted molar refractivity (Wildman–Crippen MR) is 164 cm³/mol. The maximum Gasteiger partial charge on any atom is 0.407 e. The number of nitriles is 1. The van der Waals surface area contributed by atoms with E-state index in [1.54, 1.807) is 12.1 Å². The van der Waals surface area contributed by atoms with Gasteiger partial charge < -0.3 is 19.9 Å². The van der Waals surface area contributed by atoms with Crippen molar-refractivity contribution in [2.45, 2.75) is 73.5 Å². The molecule has 1 unspecified atom stereocenters. The molecule has 0 spiro atoms. The van der Waals surface area contributed by atoms with Gasteiger partial charge in [0.2, 0.25) is 0 Å². The van der Waals surface area contributed by atoms with Crippen molar-refractivity contribution in [2.75, 3.05) is 44.7 Å². The Hall–Kier alpha value is -3.09. The Balaban J connectivity index is 1.18. The number of rotatable bonds is 12. The van der Waals surface area contributed by atoms with Crippen molar-refractivity contribution in [1.29, 1.82) is 5.26 Å². The van der Waals surface area contributed by atoms with Crippen molar-refractivity contribution in [3.8, 4) is 6.07 Å². The molecule has 42 heavy (non-hydrogen) atoms. The van der Waals surface area contributed by atoms with Gasteiger partial charge in [-0.3, -0.25) is 0 Å². The van der Waals surface area contributed by atoms with E-state index in [1.165, 1.54) is 7.11 Å². The topological polar surface area (TPSA) is 103 Å². The minimum Gasteiger partial charge on any atom is -0.453 e. The molecule has 8 nitrogen and oxygen atoms in total. The predicted octanol–water partition coefficient (Wildman–Crippen LogP) is 5.15. The van der Waals surface area contributed by atoms with Gasteiger partial charge in [0.05, 0.1) is 28.7 Å². The number of carbonyl (C=O) groups is 1. The van der Waals surface area contributed by atoms with Crippen LogP contribution in [0, 0.1) is 23.2 Å². The zero-order valence-electron chi connectivity index (χ0n) is 24.9. The molecule has 2 aliphatic heterocycles. The Morgan fingerprint density at radius 2 is 1.74 bits per heavy atom. The number of hydrogen-bond donors (Lipinski definition) is 1. The quantitative estimate of drug-likeness (QED) is 0.364. The maximum absolute atomic E-state index is 12.5. The number of nitrogens with zero attached hydrogens (tertiary/aromatic N) is 3. The fraction of sp³-hybridized carbons (Fsp3) is 0.576. The van der Waals surface area contributed by atoms with E-state index in [0.29, 0.717) is 17.2 Å². The van der Waals surface area contributed by atoms with Gasteiger partial charge in [0.15, 0.2) is 9.84 Å². The highest BCUT2D eigenvalue weighted by molar-refractivity contribution is 7.92. The normalized spacial score (nSPS) is 20.6. The number of anilines is 1. The smallest absolute Gasteiger partial charge is 0.407 e. The summed E-state index contributed by atoms with van der Waals surface area (Å²) < 4.78 is 29.9. The van der Waals surface area contributed by atoms with Crippen LogP contribution in [0.4, 0.5) is 10.5 Å². The average molecular weight is 593 g/mol. The van der Waals surface area contributed by atoms with Crippen LogP contribution in [0.25, 0.3) is 0 Å². The molecule has 3 aliphatic rings. The number of ether oxygens (including phenoxy) is 1. The Labute approximate surface area is 250 Å². The third-order valence-electron chi connectivity index (χ3n) is 9.45. The molecule has 1 N–H and O–H groups in total. The van der Waals surface area contributed by atoms with Crippen LogP contribution in [-0.4, -0.2) is 70.5 Å². The standard InChI is InChI=1S/C33H44N4O4S/c1-3-7-28(35-32(38)41-2)20-33(24-34,26-8-5-4-6-9-26)27-16-18-36(19-17-27)21-25-22-37(23-25)29-10-12-30(13-11-29)42(39,40)31-14-15-31/h4-6,8-13,25,27-28,31H,3,7,14-23H2,1-2H3,(H,35,38)/t28-,33?/m0/s1.